The molecule has 1 saturated heterocycles. The molecular formula is C19H22N2O4S. The van der Waals surface area contributed by atoms with Crippen molar-refractivity contribution in [2.24, 2.45) is 5.92 Å². The summed E-state index contributed by atoms with van der Waals surface area (Å²) in [6.45, 7) is 1.33. The van der Waals surface area contributed by atoms with Crippen LogP contribution in [-0.4, -0.2) is 38.3 Å². The van der Waals surface area contributed by atoms with Gasteiger partial charge in [-0.05, 0) is 42.5 Å². The summed E-state index contributed by atoms with van der Waals surface area (Å²) in [5.74, 6) is 0.0672. The summed E-state index contributed by atoms with van der Waals surface area (Å²) in [6.07, 6.45) is 4.72. The smallest absolute Gasteiger partial charge is 0.286 e. The molecule has 1 aromatic heterocycles. The molecule has 0 unspecified atom stereocenters. The maximum absolute atomic E-state index is 12.6. The van der Waals surface area contributed by atoms with Crippen LogP contribution < -0.4 is 5.32 Å². The van der Waals surface area contributed by atoms with Crippen LogP contribution in [0.1, 0.15) is 29.0 Å². The summed E-state index contributed by atoms with van der Waals surface area (Å²) < 4.78 is 31.7. The summed E-state index contributed by atoms with van der Waals surface area (Å²) in [5.41, 5.74) is 0.843. The summed E-state index contributed by atoms with van der Waals surface area (Å²) in [4.78, 5) is 11.9. The predicted molar refractivity (Wildman–Crippen MR) is 99.7 cm³/mol. The first-order chi connectivity index (χ1) is 12.5. The number of amides is 1. The molecule has 1 aliphatic rings. The average molecular weight is 374 g/mol. The van der Waals surface area contributed by atoms with Crippen molar-refractivity contribution in [1.29, 1.82) is 0 Å². The summed E-state index contributed by atoms with van der Waals surface area (Å²) in [6, 6.07) is 12.6. The van der Waals surface area contributed by atoms with E-state index in [0.717, 1.165) is 18.4 Å². The molecule has 0 bridgehead atoms. The lowest BCUT2D eigenvalue weighted by atomic mass is 10.00. The highest BCUT2D eigenvalue weighted by Crippen LogP contribution is 2.20. The van der Waals surface area contributed by atoms with Crippen LogP contribution in [0.5, 0.6) is 0 Å². The standard InChI is InChI=1S/C19H22N2O4S/c22-19(18-9-5-12-25-18)20-14-17-8-4-11-21(15-17)26(23,24)13-10-16-6-2-1-3-7-16/h1-3,5-7,9-10,12-13,17H,4,8,11,14-15H2,(H,20,22)/b13-10+/t17-/m1/s1. The van der Waals surface area contributed by atoms with E-state index < -0.39 is 10.0 Å². The van der Waals surface area contributed by atoms with Crippen molar-refractivity contribution in [2.45, 2.75) is 12.8 Å². The quantitative estimate of drug-likeness (QED) is 0.843. The number of carbonyl (C=O) groups excluding carboxylic acids is 1. The van der Waals surface area contributed by atoms with Crippen LogP contribution in [0.4, 0.5) is 0 Å². The Balaban J connectivity index is 1.57. The molecule has 0 spiro atoms. The second kappa shape index (κ2) is 8.33. The average Bonchev–Trinajstić information content (AvgIpc) is 3.21. The lowest BCUT2D eigenvalue weighted by Gasteiger charge is -2.31. The minimum absolute atomic E-state index is 0.0857. The van der Waals surface area contributed by atoms with Gasteiger partial charge >= 0.3 is 0 Å². The Labute approximate surface area is 153 Å². The van der Waals surface area contributed by atoms with Crippen molar-refractivity contribution in [2.75, 3.05) is 19.6 Å². The van der Waals surface area contributed by atoms with Gasteiger partial charge in [0.2, 0.25) is 10.0 Å². The molecule has 1 fully saturated rings. The van der Waals surface area contributed by atoms with Gasteiger partial charge in [0.15, 0.2) is 5.76 Å². The van der Waals surface area contributed by atoms with Crippen LogP contribution in [0.3, 0.4) is 0 Å². The fraction of sp³-hybridized carbons (Fsp3) is 0.316. The summed E-state index contributed by atoms with van der Waals surface area (Å²) in [7, 11) is -3.47. The molecule has 1 aliphatic heterocycles. The van der Waals surface area contributed by atoms with Crippen molar-refractivity contribution in [1.82, 2.24) is 9.62 Å². The number of nitrogens with one attached hydrogen (secondary N) is 1. The minimum Gasteiger partial charge on any atom is -0.459 e. The fourth-order valence-corrected chi connectivity index (χ4v) is 4.27. The highest BCUT2D eigenvalue weighted by Gasteiger charge is 2.27. The van der Waals surface area contributed by atoms with Crippen LogP contribution in [-0.2, 0) is 10.0 Å². The van der Waals surface area contributed by atoms with Gasteiger partial charge in [0, 0.05) is 25.0 Å². The zero-order valence-electron chi connectivity index (χ0n) is 14.4. The molecule has 6 nitrogen and oxygen atoms in total. The number of benzene rings is 1. The Morgan fingerprint density at radius 2 is 2.04 bits per heavy atom. The molecule has 0 saturated carbocycles. The van der Waals surface area contributed by atoms with Crippen molar-refractivity contribution >= 4 is 22.0 Å². The molecule has 1 amide bonds. The number of furan rings is 1. The second-order valence-electron chi connectivity index (χ2n) is 6.31. The summed E-state index contributed by atoms with van der Waals surface area (Å²) in [5, 5.41) is 4.07. The van der Waals surface area contributed by atoms with E-state index in [0.29, 0.717) is 19.6 Å². The largest absolute Gasteiger partial charge is 0.459 e. The monoisotopic (exact) mass is 374 g/mol. The number of sulfonamides is 1. The molecule has 7 heteroatoms. The van der Waals surface area contributed by atoms with Crippen LogP contribution >= 0.6 is 0 Å². The van der Waals surface area contributed by atoms with Gasteiger partial charge in [-0.25, -0.2) is 8.42 Å². The number of piperidine rings is 1. The van der Waals surface area contributed by atoms with E-state index in [1.807, 2.05) is 30.3 Å². The highest BCUT2D eigenvalue weighted by molar-refractivity contribution is 7.92. The topological polar surface area (TPSA) is 79.6 Å². The van der Waals surface area contributed by atoms with Crippen LogP contribution in [0.25, 0.3) is 6.08 Å². The Hall–Kier alpha value is -2.38. The summed E-state index contributed by atoms with van der Waals surface area (Å²) >= 11 is 0. The molecule has 2 aromatic rings. The third-order valence-corrected chi connectivity index (χ3v) is 5.90. The van der Waals surface area contributed by atoms with E-state index in [4.69, 9.17) is 4.42 Å². The van der Waals surface area contributed by atoms with Crippen molar-refractivity contribution in [3.8, 4) is 0 Å². The maximum Gasteiger partial charge on any atom is 0.286 e. The molecule has 0 aliphatic carbocycles. The molecule has 1 N–H and O–H groups in total. The predicted octanol–water partition coefficient (Wildman–Crippen LogP) is 2.72. The van der Waals surface area contributed by atoms with Gasteiger partial charge in [-0.2, -0.15) is 4.31 Å². The molecule has 1 atom stereocenters. The first-order valence-electron chi connectivity index (χ1n) is 8.59. The maximum atomic E-state index is 12.6. The number of carbonyl (C=O) groups is 1. The van der Waals surface area contributed by atoms with Crippen LogP contribution in [0.15, 0.2) is 58.6 Å². The third-order valence-electron chi connectivity index (χ3n) is 4.37. The molecule has 0 radical (unpaired) electrons. The van der Waals surface area contributed by atoms with Gasteiger partial charge in [-0.15, -0.1) is 0 Å². The molecule has 138 valence electrons. The first-order valence-corrected chi connectivity index (χ1v) is 10.1. The molecule has 26 heavy (non-hydrogen) atoms. The van der Waals surface area contributed by atoms with Gasteiger partial charge in [-0.1, -0.05) is 30.3 Å². The van der Waals surface area contributed by atoms with E-state index >= 15 is 0 Å². The zero-order chi connectivity index (χ0) is 18.4. The van der Waals surface area contributed by atoms with Crippen LogP contribution in [0, 0.1) is 5.92 Å². The van der Waals surface area contributed by atoms with Gasteiger partial charge in [-0.3, -0.25) is 4.79 Å². The Morgan fingerprint density at radius 3 is 2.77 bits per heavy atom. The Kier molecular flexibility index (Phi) is 5.90. The first kappa shape index (κ1) is 18.4. The van der Waals surface area contributed by atoms with Crippen molar-refractivity contribution < 1.29 is 17.6 Å². The number of rotatable bonds is 6. The van der Waals surface area contributed by atoms with Crippen molar-refractivity contribution in [3.05, 3.63) is 65.5 Å². The van der Waals surface area contributed by atoms with E-state index in [1.165, 1.54) is 16.0 Å². The van der Waals surface area contributed by atoms with Gasteiger partial charge in [0.1, 0.15) is 0 Å². The molecular weight excluding hydrogens is 352 g/mol. The lowest BCUT2D eigenvalue weighted by molar-refractivity contribution is 0.0914. The normalized spacial score (nSPS) is 18.8. The lowest BCUT2D eigenvalue weighted by Crippen LogP contribution is -2.43. The minimum atomic E-state index is -3.47. The van der Waals surface area contributed by atoms with Crippen molar-refractivity contribution in [3.63, 3.8) is 0 Å². The van der Waals surface area contributed by atoms with Crippen LogP contribution in [0.2, 0.25) is 0 Å². The molecule has 3 rings (SSSR count). The number of hydrogen-bond acceptors (Lipinski definition) is 4. The van der Waals surface area contributed by atoms with E-state index in [9.17, 15) is 13.2 Å². The Morgan fingerprint density at radius 1 is 1.23 bits per heavy atom. The van der Waals surface area contributed by atoms with E-state index in [-0.39, 0.29) is 17.6 Å². The highest BCUT2D eigenvalue weighted by atomic mass is 32.2. The second-order valence-corrected chi connectivity index (χ2v) is 8.13. The third kappa shape index (κ3) is 4.83. The Bertz CT molecular complexity index is 845. The number of hydrogen-bond donors (Lipinski definition) is 1. The van der Waals surface area contributed by atoms with Gasteiger partial charge in [0.05, 0.1) is 6.26 Å². The fourth-order valence-electron chi connectivity index (χ4n) is 2.97. The SMILES string of the molecule is O=C(NC[C@H]1CCCN(S(=O)(=O)/C=C/c2ccccc2)C1)c1ccco1. The van der Waals surface area contributed by atoms with Gasteiger partial charge < -0.3 is 9.73 Å². The van der Waals surface area contributed by atoms with E-state index in [1.54, 1.807) is 18.2 Å². The van der Waals surface area contributed by atoms with E-state index in [2.05, 4.69) is 5.32 Å². The molecule has 1 aromatic carbocycles. The molecule has 2 heterocycles. The zero-order valence-corrected chi connectivity index (χ0v) is 15.2. The van der Waals surface area contributed by atoms with Gasteiger partial charge in [0.25, 0.3) is 5.91 Å². The number of nitrogens with zero attached hydrogens (tertiary/aromatic N) is 1.